The largest absolute Gasteiger partial charge is 0.345 e. The van der Waals surface area contributed by atoms with E-state index in [1.165, 1.54) is 9.80 Å². The Bertz CT molecular complexity index is 1880. The zero-order chi connectivity index (χ0) is 28.5. The van der Waals surface area contributed by atoms with Crippen molar-refractivity contribution in [3.63, 3.8) is 0 Å². The number of alkyl halides is 2. The monoisotopic (exact) mass is 555 g/mol. The fraction of sp³-hybridized carbons (Fsp3) is 0.276. The number of pyridine rings is 1. The first-order chi connectivity index (χ1) is 19.7. The van der Waals surface area contributed by atoms with E-state index in [0.29, 0.717) is 40.0 Å². The summed E-state index contributed by atoms with van der Waals surface area (Å²) >= 11 is 0. The van der Waals surface area contributed by atoms with Gasteiger partial charge in [-0.2, -0.15) is 5.26 Å². The lowest BCUT2D eigenvalue weighted by Gasteiger charge is -2.36. The highest BCUT2D eigenvalue weighted by atomic mass is 19.3. The van der Waals surface area contributed by atoms with E-state index in [-0.39, 0.29) is 43.6 Å². The molecule has 3 aliphatic heterocycles. The highest BCUT2D eigenvalue weighted by Crippen LogP contribution is 2.39. The maximum atomic E-state index is 14.1. The number of carbonyl (C=O) groups excluding carboxylic acids is 3. The predicted molar refractivity (Wildman–Crippen MR) is 143 cm³/mol. The number of hydrogen-bond donors (Lipinski definition) is 1. The molecule has 10 nitrogen and oxygen atoms in total. The Morgan fingerprint density at radius 1 is 1.07 bits per heavy atom. The summed E-state index contributed by atoms with van der Waals surface area (Å²) in [6.07, 6.45) is 5.06. The molecule has 7 rings (SSSR count). The van der Waals surface area contributed by atoms with Crippen LogP contribution in [0.15, 0.2) is 48.9 Å². The van der Waals surface area contributed by atoms with E-state index < -0.39 is 30.3 Å². The van der Waals surface area contributed by atoms with E-state index in [1.54, 1.807) is 47.3 Å². The van der Waals surface area contributed by atoms with Gasteiger partial charge in [-0.05, 0) is 36.2 Å². The van der Waals surface area contributed by atoms with Crippen LogP contribution in [0.1, 0.15) is 35.2 Å². The first-order valence-electron chi connectivity index (χ1n) is 13.2. The summed E-state index contributed by atoms with van der Waals surface area (Å²) in [5.74, 6) is -4.02. The van der Waals surface area contributed by atoms with Crippen molar-refractivity contribution in [3.8, 4) is 6.07 Å². The molecule has 3 aliphatic rings. The van der Waals surface area contributed by atoms with Gasteiger partial charge in [0.15, 0.2) is 0 Å². The summed E-state index contributed by atoms with van der Waals surface area (Å²) in [6.45, 7) is 0.332. The second-order valence-corrected chi connectivity index (χ2v) is 10.6. The third-order valence-corrected chi connectivity index (χ3v) is 7.96. The Morgan fingerprint density at radius 2 is 1.90 bits per heavy atom. The Labute approximate surface area is 232 Å². The number of likely N-dealkylation sites (tertiary alicyclic amines) is 1. The second-order valence-electron chi connectivity index (χ2n) is 10.6. The van der Waals surface area contributed by atoms with E-state index in [4.69, 9.17) is 0 Å². The van der Waals surface area contributed by atoms with Crippen molar-refractivity contribution in [1.29, 1.82) is 5.26 Å². The average molecular weight is 556 g/mol. The smallest absolute Gasteiger partial charge is 0.320 e. The van der Waals surface area contributed by atoms with Gasteiger partial charge >= 0.3 is 6.03 Å². The lowest BCUT2D eigenvalue weighted by Crippen LogP contribution is -2.51. The molecule has 6 heterocycles. The minimum Gasteiger partial charge on any atom is -0.345 e. The van der Waals surface area contributed by atoms with Crippen molar-refractivity contribution >= 4 is 45.5 Å². The number of urea groups is 1. The number of amides is 4. The first kappa shape index (κ1) is 25.0. The summed E-state index contributed by atoms with van der Waals surface area (Å²) in [7, 11) is 0. The van der Waals surface area contributed by atoms with Crippen LogP contribution in [0.4, 0.5) is 13.6 Å². The number of carbonyl (C=O) groups is 3. The van der Waals surface area contributed by atoms with Crippen molar-refractivity contribution in [2.24, 2.45) is 0 Å². The minimum atomic E-state index is -2.92. The van der Waals surface area contributed by atoms with Crippen molar-refractivity contribution in [1.82, 2.24) is 29.1 Å². The van der Waals surface area contributed by atoms with Gasteiger partial charge in [-0.25, -0.2) is 18.6 Å². The van der Waals surface area contributed by atoms with Gasteiger partial charge in [-0.1, -0.05) is 6.07 Å². The van der Waals surface area contributed by atoms with Gasteiger partial charge in [0.05, 0.1) is 46.7 Å². The number of halogens is 2. The van der Waals surface area contributed by atoms with Crippen molar-refractivity contribution in [3.05, 3.63) is 71.3 Å². The van der Waals surface area contributed by atoms with Gasteiger partial charge in [0.25, 0.3) is 17.7 Å². The van der Waals surface area contributed by atoms with Gasteiger partial charge in [0.1, 0.15) is 5.65 Å². The van der Waals surface area contributed by atoms with Gasteiger partial charge in [0, 0.05) is 55.9 Å². The highest BCUT2D eigenvalue weighted by molar-refractivity contribution is 6.49. The molecule has 0 aliphatic carbocycles. The van der Waals surface area contributed by atoms with E-state index in [9.17, 15) is 28.4 Å². The third-order valence-electron chi connectivity index (χ3n) is 7.96. The van der Waals surface area contributed by atoms with Crippen LogP contribution in [0.5, 0.6) is 0 Å². The zero-order valence-corrected chi connectivity index (χ0v) is 21.7. The van der Waals surface area contributed by atoms with Crippen molar-refractivity contribution < 1.29 is 23.2 Å². The second kappa shape index (κ2) is 8.99. The number of nitriles is 1. The van der Waals surface area contributed by atoms with Gasteiger partial charge < -0.3 is 14.4 Å². The molecule has 1 saturated heterocycles. The molecule has 0 atom stereocenters. The molecule has 12 heteroatoms. The number of fused-ring (bicyclic) bond motifs is 1. The number of imidazole rings is 1. The number of hydrogen-bond acceptors (Lipinski definition) is 5. The summed E-state index contributed by atoms with van der Waals surface area (Å²) in [5.41, 5.74) is 3.59. The molecular formula is C29H23F2N7O3. The fourth-order valence-electron chi connectivity index (χ4n) is 6.17. The van der Waals surface area contributed by atoms with Crippen LogP contribution >= 0.6 is 0 Å². The molecule has 41 heavy (non-hydrogen) atoms. The van der Waals surface area contributed by atoms with Gasteiger partial charge in [-0.3, -0.25) is 19.3 Å². The molecule has 206 valence electrons. The average Bonchev–Trinajstić information content (AvgIpc) is 3.57. The third kappa shape index (κ3) is 3.96. The normalized spacial score (nSPS) is 18.7. The van der Waals surface area contributed by atoms with Gasteiger partial charge in [-0.15, -0.1) is 0 Å². The number of nitrogens with zero attached hydrogens (tertiary/aromatic N) is 6. The standard InChI is InChI=1S/C29H23F2N7O3/c30-29(31)5-3-6-37(16-29)28(41)36-9-8-35-15-20(19-11-17(12-32)10-18(14-36)25(19)35)23-24(27(40)34-26(23)39)21-13-33-22-4-1-2-7-38(21)22/h1-2,4,7,10-11,13,15H,3,5-6,8-9,14,16H2,(H,34,39,40). The molecule has 1 fully saturated rings. The van der Waals surface area contributed by atoms with Crippen LogP contribution < -0.4 is 5.32 Å². The number of nitrogens with one attached hydrogen (secondary N) is 1. The summed E-state index contributed by atoms with van der Waals surface area (Å²) in [5, 5.41) is 12.8. The fourth-order valence-corrected chi connectivity index (χ4v) is 6.17. The Kier molecular flexibility index (Phi) is 5.47. The topological polar surface area (TPSA) is 116 Å². The van der Waals surface area contributed by atoms with E-state index in [0.717, 1.165) is 5.52 Å². The molecule has 4 aromatic rings. The molecule has 3 aromatic heterocycles. The van der Waals surface area contributed by atoms with Crippen LogP contribution in [-0.2, 0) is 22.7 Å². The predicted octanol–water partition coefficient (Wildman–Crippen LogP) is 3.39. The number of benzene rings is 1. The Hall–Kier alpha value is -5.05. The Morgan fingerprint density at radius 3 is 2.71 bits per heavy atom. The summed E-state index contributed by atoms with van der Waals surface area (Å²) in [4.78, 5) is 46.8. The molecule has 1 N–H and O–H groups in total. The van der Waals surface area contributed by atoms with Crippen molar-refractivity contribution in [2.45, 2.75) is 31.9 Å². The minimum absolute atomic E-state index is 0.112. The maximum Gasteiger partial charge on any atom is 0.320 e. The molecule has 1 aromatic carbocycles. The van der Waals surface area contributed by atoms with Crippen LogP contribution in [-0.4, -0.2) is 67.2 Å². The maximum absolute atomic E-state index is 14.1. The van der Waals surface area contributed by atoms with E-state index in [2.05, 4.69) is 16.4 Å². The molecule has 0 unspecified atom stereocenters. The highest BCUT2D eigenvalue weighted by Gasteiger charge is 2.39. The van der Waals surface area contributed by atoms with Crippen LogP contribution in [0.25, 0.3) is 27.7 Å². The lowest BCUT2D eigenvalue weighted by atomic mass is 9.97. The molecule has 4 amide bonds. The number of aromatic nitrogens is 3. The first-order valence-corrected chi connectivity index (χ1v) is 13.2. The molecule has 0 bridgehead atoms. The van der Waals surface area contributed by atoms with Crippen LogP contribution in [0, 0.1) is 11.3 Å². The SMILES string of the molecule is N#Cc1cc2c3c(c1)c(C1=C(c4cnc5ccccn45)C(=O)NC1=O)cn3CCN(C(=O)N1CCCC(F)(F)C1)C2. The molecule has 0 radical (unpaired) electrons. The molecule has 0 saturated carbocycles. The van der Waals surface area contributed by atoms with E-state index >= 15 is 0 Å². The van der Waals surface area contributed by atoms with Gasteiger partial charge in [0.2, 0.25) is 0 Å². The van der Waals surface area contributed by atoms with E-state index in [1.807, 2.05) is 10.6 Å². The van der Waals surface area contributed by atoms with Crippen molar-refractivity contribution in [2.75, 3.05) is 19.6 Å². The number of imide groups is 1. The quantitative estimate of drug-likeness (QED) is 0.381. The van der Waals surface area contributed by atoms with Crippen LogP contribution in [0.2, 0.25) is 0 Å². The summed E-state index contributed by atoms with van der Waals surface area (Å²) < 4.78 is 31.8. The zero-order valence-electron chi connectivity index (χ0n) is 21.7. The summed E-state index contributed by atoms with van der Waals surface area (Å²) in [6, 6.07) is 10.4. The number of piperidine rings is 1. The molecular weight excluding hydrogens is 532 g/mol. The Balaban J connectivity index is 1.36. The molecule has 0 spiro atoms. The number of rotatable bonds is 2. The van der Waals surface area contributed by atoms with Crippen LogP contribution in [0.3, 0.4) is 0 Å². The lowest BCUT2D eigenvalue weighted by molar-refractivity contribution is -0.122.